The van der Waals surface area contributed by atoms with Crippen LogP contribution in [0.4, 0.5) is 10.2 Å². The molecule has 1 aromatic carbocycles. The molecule has 28 heavy (non-hydrogen) atoms. The number of fused-ring (bicyclic) bond motifs is 1. The second kappa shape index (κ2) is 7.01. The molecule has 0 aliphatic rings. The predicted octanol–water partition coefficient (Wildman–Crippen LogP) is 4.48. The number of nitrogens with zero attached hydrogens (tertiary/aromatic N) is 4. The van der Waals surface area contributed by atoms with Crippen molar-refractivity contribution in [2.45, 2.75) is 13.8 Å². The maximum absolute atomic E-state index is 13.2. The minimum absolute atomic E-state index is 0.222. The number of carbonyl (C=O) groups excluding carboxylic acids is 1. The number of pyridine rings is 2. The van der Waals surface area contributed by atoms with Gasteiger partial charge in [-0.25, -0.2) is 19.0 Å². The van der Waals surface area contributed by atoms with Gasteiger partial charge < -0.3 is 5.32 Å². The van der Waals surface area contributed by atoms with Crippen LogP contribution in [-0.4, -0.2) is 25.7 Å². The van der Waals surface area contributed by atoms with Crippen molar-refractivity contribution >= 4 is 34.4 Å². The van der Waals surface area contributed by atoms with Crippen LogP contribution in [0.5, 0.6) is 0 Å². The van der Waals surface area contributed by atoms with Crippen LogP contribution in [0.3, 0.4) is 0 Å². The largest absolute Gasteiger partial charge is 0.306 e. The zero-order valence-electron chi connectivity index (χ0n) is 15.1. The third kappa shape index (κ3) is 3.20. The number of amides is 1. The molecule has 6 nitrogen and oxygen atoms in total. The molecule has 3 aromatic heterocycles. The number of aromatic nitrogens is 4. The zero-order valence-corrected chi connectivity index (χ0v) is 15.8. The number of carbonyl (C=O) groups is 1. The average Bonchev–Trinajstić information content (AvgIpc) is 3.00. The van der Waals surface area contributed by atoms with Crippen molar-refractivity contribution in [3.8, 4) is 5.69 Å². The number of rotatable bonds is 3. The molecule has 0 saturated carbocycles. The Morgan fingerprint density at radius 2 is 1.89 bits per heavy atom. The molecule has 0 spiro atoms. The molecular formula is C20H15ClFN5O. The molecule has 0 aliphatic heterocycles. The van der Waals surface area contributed by atoms with Crippen LogP contribution in [0.25, 0.3) is 16.7 Å². The molecule has 0 fully saturated rings. The summed E-state index contributed by atoms with van der Waals surface area (Å²) in [6.07, 6.45) is 1.40. The maximum atomic E-state index is 13.2. The summed E-state index contributed by atoms with van der Waals surface area (Å²) in [5.41, 5.74) is 2.75. The number of benzene rings is 1. The van der Waals surface area contributed by atoms with E-state index in [1.807, 2.05) is 13.0 Å². The fraction of sp³-hybridized carbons (Fsp3) is 0.100. The van der Waals surface area contributed by atoms with Gasteiger partial charge in [0.2, 0.25) is 0 Å². The Morgan fingerprint density at radius 3 is 2.61 bits per heavy atom. The van der Waals surface area contributed by atoms with E-state index >= 15 is 0 Å². The first kappa shape index (κ1) is 18.1. The van der Waals surface area contributed by atoms with E-state index in [9.17, 15) is 9.18 Å². The highest BCUT2D eigenvalue weighted by Gasteiger charge is 2.20. The molecule has 4 rings (SSSR count). The number of hydrogen-bond acceptors (Lipinski definition) is 4. The summed E-state index contributed by atoms with van der Waals surface area (Å²) in [7, 11) is 0. The first-order valence-corrected chi connectivity index (χ1v) is 8.86. The lowest BCUT2D eigenvalue weighted by Crippen LogP contribution is -2.14. The van der Waals surface area contributed by atoms with E-state index < -0.39 is 5.91 Å². The summed E-state index contributed by atoms with van der Waals surface area (Å²) < 4.78 is 14.8. The lowest BCUT2D eigenvalue weighted by atomic mass is 10.2. The van der Waals surface area contributed by atoms with Crippen LogP contribution >= 0.6 is 11.6 Å². The Bertz CT molecular complexity index is 1200. The third-order valence-electron chi connectivity index (χ3n) is 4.25. The molecule has 8 heteroatoms. The van der Waals surface area contributed by atoms with E-state index in [-0.39, 0.29) is 16.4 Å². The van der Waals surface area contributed by atoms with Crippen molar-refractivity contribution in [3.05, 3.63) is 76.5 Å². The lowest BCUT2D eigenvalue weighted by Gasteiger charge is -2.08. The number of hydrogen-bond donors (Lipinski definition) is 1. The van der Waals surface area contributed by atoms with Crippen LogP contribution < -0.4 is 5.32 Å². The van der Waals surface area contributed by atoms with Gasteiger partial charge in [0, 0.05) is 11.9 Å². The highest BCUT2D eigenvalue weighted by atomic mass is 35.5. The van der Waals surface area contributed by atoms with Crippen molar-refractivity contribution in [1.29, 1.82) is 0 Å². The van der Waals surface area contributed by atoms with Crippen molar-refractivity contribution in [3.63, 3.8) is 0 Å². The second-order valence-electron chi connectivity index (χ2n) is 6.28. The number of anilines is 1. The van der Waals surface area contributed by atoms with Gasteiger partial charge in [-0.3, -0.25) is 4.79 Å². The van der Waals surface area contributed by atoms with Gasteiger partial charge in [0.05, 0.1) is 27.4 Å². The molecule has 1 N–H and O–H groups in total. The summed E-state index contributed by atoms with van der Waals surface area (Å²) >= 11 is 6.53. The second-order valence-corrected chi connectivity index (χ2v) is 6.65. The van der Waals surface area contributed by atoms with Crippen LogP contribution in [0.1, 0.15) is 21.7 Å². The molecule has 0 saturated heterocycles. The van der Waals surface area contributed by atoms with Crippen molar-refractivity contribution in [1.82, 2.24) is 19.7 Å². The van der Waals surface area contributed by atoms with E-state index in [1.54, 1.807) is 35.9 Å². The molecule has 0 aliphatic carbocycles. The minimum Gasteiger partial charge on any atom is -0.306 e. The van der Waals surface area contributed by atoms with Gasteiger partial charge in [-0.2, -0.15) is 5.10 Å². The van der Waals surface area contributed by atoms with Gasteiger partial charge in [-0.15, -0.1) is 0 Å². The van der Waals surface area contributed by atoms with E-state index in [1.165, 1.54) is 18.3 Å². The van der Waals surface area contributed by atoms with E-state index in [0.29, 0.717) is 28.2 Å². The quantitative estimate of drug-likeness (QED) is 0.555. The minimum atomic E-state index is -0.411. The molecule has 0 unspecified atom stereocenters. The Balaban J connectivity index is 1.76. The fourth-order valence-corrected chi connectivity index (χ4v) is 3.28. The smallest absolute Gasteiger partial charge is 0.259 e. The van der Waals surface area contributed by atoms with Crippen LogP contribution in [0, 0.1) is 19.7 Å². The van der Waals surface area contributed by atoms with Gasteiger partial charge in [0.15, 0.2) is 5.65 Å². The van der Waals surface area contributed by atoms with Gasteiger partial charge >= 0.3 is 0 Å². The molecule has 0 bridgehead atoms. The highest BCUT2D eigenvalue weighted by molar-refractivity contribution is 6.39. The monoisotopic (exact) mass is 395 g/mol. The summed E-state index contributed by atoms with van der Waals surface area (Å²) in [6.45, 7) is 3.61. The first-order valence-electron chi connectivity index (χ1n) is 8.49. The Labute approximate surface area is 165 Å². The summed E-state index contributed by atoms with van der Waals surface area (Å²) in [5, 5.41) is 7.99. The molecule has 0 atom stereocenters. The molecule has 140 valence electrons. The number of nitrogens with one attached hydrogen (secondary N) is 1. The molecule has 1 amide bonds. The molecule has 3 heterocycles. The topological polar surface area (TPSA) is 72.7 Å². The van der Waals surface area contributed by atoms with Gasteiger partial charge in [0.25, 0.3) is 5.91 Å². The lowest BCUT2D eigenvalue weighted by molar-refractivity contribution is 0.102. The van der Waals surface area contributed by atoms with E-state index in [4.69, 9.17) is 11.6 Å². The number of aryl methyl sites for hydroxylation is 2. The standard InChI is InChI=1S/C20H15ClFN5O/c1-11-4-3-5-16(24-11)25-20(28)15-10-23-19-17(18(15)21)12(2)26-27(19)14-8-6-13(22)7-9-14/h3-10H,1-2H3,(H,24,25,28). The normalized spacial score (nSPS) is 11.0. The number of halogens is 2. The molecule has 4 aromatic rings. The fourth-order valence-electron chi connectivity index (χ4n) is 2.93. The molecular weight excluding hydrogens is 381 g/mol. The van der Waals surface area contributed by atoms with Crippen LogP contribution in [0.15, 0.2) is 48.7 Å². The van der Waals surface area contributed by atoms with E-state index in [0.717, 1.165) is 5.69 Å². The highest BCUT2D eigenvalue weighted by Crippen LogP contribution is 2.30. The van der Waals surface area contributed by atoms with Crippen molar-refractivity contribution in [2.24, 2.45) is 0 Å². The van der Waals surface area contributed by atoms with Gasteiger partial charge in [0.1, 0.15) is 11.6 Å². The van der Waals surface area contributed by atoms with Crippen LogP contribution in [-0.2, 0) is 0 Å². The SMILES string of the molecule is Cc1cccc(NC(=O)c2cnc3c(c(C)nn3-c3ccc(F)cc3)c2Cl)n1. The van der Waals surface area contributed by atoms with Crippen molar-refractivity contribution in [2.75, 3.05) is 5.32 Å². The summed E-state index contributed by atoms with van der Waals surface area (Å²) in [6, 6.07) is 11.2. The Morgan fingerprint density at radius 1 is 1.14 bits per heavy atom. The van der Waals surface area contributed by atoms with E-state index in [2.05, 4.69) is 20.4 Å². The first-order chi connectivity index (χ1) is 13.4. The maximum Gasteiger partial charge on any atom is 0.259 e. The van der Waals surface area contributed by atoms with Crippen molar-refractivity contribution < 1.29 is 9.18 Å². The van der Waals surface area contributed by atoms with Crippen LogP contribution in [0.2, 0.25) is 5.02 Å². The van der Waals surface area contributed by atoms with Gasteiger partial charge in [-0.05, 0) is 50.2 Å². The zero-order chi connectivity index (χ0) is 19.8. The molecule has 0 radical (unpaired) electrons. The third-order valence-corrected chi connectivity index (χ3v) is 4.65. The van der Waals surface area contributed by atoms with Gasteiger partial charge in [-0.1, -0.05) is 17.7 Å². The Kier molecular flexibility index (Phi) is 4.52. The average molecular weight is 396 g/mol. The predicted molar refractivity (Wildman–Crippen MR) is 105 cm³/mol. The Hall–Kier alpha value is -3.32. The summed E-state index contributed by atoms with van der Waals surface area (Å²) in [4.78, 5) is 21.3. The summed E-state index contributed by atoms with van der Waals surface area (Å²) in [5.74, 6) is -0.321.